The van der Waals surface area contributed by atoms with Crippen molar-refractivity contribution in [3.05, 3.63) is 59.5 Å². The van der Waals surface area contributed by atoms with Crippen LogP contribution >= 0.6 is 23.1 Å². The molecule has 2 N–H and O–H groups in total. The van der Waals surface area contributed by atoms with Gasteiger partial charge in [0, 0.05) is 17.6 Å². The van der Waals surface area contributed by atoms with Crippen molar-refractivity contribution in [1.82, 2.24) is 25.1 Å². The first-order valence-corrected chi connectivity index (χ1v) is 9.04. The monoisotopic (exact) mass is 357 g/mol. The van der Waals surface area contributed by atoms with E-state index in [0.29, 0.717) is 22.3 Å². The molecule has 5 nitrogen and oxygen atoms in total. The number of aromatic amines is 2. The highest BCUT2D eigenvalue weighted by Gasteiger charge is 2.11. The van der Waals surface area contributed by atoms with Crippen LogP contribution in [0.1, 0.15) is 5.69 Å². The van der Waals surface area contributed by atoms with E-state index < -0.39 is 0 Å². The molecule has 1 aromatic carbocycles. The number of hydrogen-bond donors (Lipinski definition) is 2. The number of thioether (sulfide) groups is 1. The number of rotatable bonds is 5. The summed E-state index contributed by atoms with van der Waals surface area (Å²) in [5.41, 5.74) is 1.40. The minimum absolute atomic E-state index is 0.320. The predicted molar refractivity (Wildman–Crippen MR) is 93.2 cm³/mol. The smallest absolute Gasteiger partial charge is 0.209 e. The Morgan fingerprint density at radius 1 is 1.12 bits per heavy atom. The summed E-state index contributed by atoms with van der Waals surface area (Å²) in [4.78, 5) is 13.1. The van der Waals surface area contributed by atoms with Gasteiger partial charge in [0.2, 0.25) is 5.16 Å². The Morgan fingerprint density at radius 2 is 2.04 bits per heavy atom. The molecule has 3 aromatic heterocycles. The van der Waals surface area contributed by atoms with Crippen LogP contribution in [0.5, 0.6) is 0 Å². The van der Waals surface area contributed by atoms with Crippen LogP contribution in [0.3, 0.4) is 0 Å². The van der Waals surface area contributed by atoms with Gasteiger partial charge in [0.05, 0.1) is 10.4 Å². The van der Waals surface area contributed by atoms with E-state index in [2.05, 4.69) is 25.1 Å². The van der Waals surface area contributed by atoms with Crippen LogP contribution in [-0.2, 0) is 5.75 Å². The quantitative estimate of drug-likeness (QED) is 0.521. The van der Waals surface area contributed by atoms with Crippen molar-refractivity contribution in [3.8, 4) is 22.1 Å². The van der Waals surface area contributed by atoms with Gasteiger partial charge in [0.1, 0.15) is 11.6 Å². The predicted octanol–water partition coefficient (Wildman–Crippen LogP) is 4.35. The maximum Gasteiger partial charge on any atom is 0.209 e. The third-order valence-electron chi connectivity index (χ3n) is 3.33. The molecule has 0 aliphatic rings. The second kappa shape index (κ2) is 6.58. The fraction of sp³-hybridized carbons (Fsp3) is 0.0625. The SMILES string of the molecule is Fc1ccccc1-c1nc(SCc2cnc(-c3cccs3)[nH]2)n[nH]1. The Bertz CT molecular complexity index is 945. The zero-order valence-corrected chi connectivity index (χ0v) is 14.0. The first kappa shape index (κ1) is 15.1. The van der Waals surface area contributed by atoms with Crippen LogP contribution in [0.25, 0.3) is 22.1 Å². The van der Waals surface area contributed by atoms with Crippen LogP contribution in [0, 0.1) is 5.82 Å². The molecule has 3 heterocycles. The summed E-state index contributed by atoms with van der Waals surface area (Å²) in [6, 6.07) is 10.5. The minimum atomic E-state index is -0.320. The third kappa shape index (κ3) is 3.10. The number of thiophene rings is 1. The Labute approximate surface area is 145 Å². The standard InChI is InChI=1S/C16H12FN5S2/c17-12-5-2-1-4-11(12)14-20-16(22-21-14)24-9-10-8-18-15(19-10)13-6-3-7-23-13/h1-8H,9H2,(H,18,19)(H,20,21,22). The normalized spacial score (nSPS) is 11.0. The zero-order valence-electron chi connectivity index (χ0n) is 12.4. The average Bonchev–Trinajstić information content (AvgIpc) is 3.34. The molecule has 0 radical (unpaired) electrons. The van der Waals surface area contributed by atoms with E-state index in [-0.39, 0.29) is 5.82 Å². The molecule has 0 spiro atoms. The second-order valence-corrected chi connectivity index (χ2v) is 6.86. The molecule has 0 saturated heterocycles. The van der Waals surface area contributed by atoms with Crippen LogP contribution in [0.15, 0.2) is 53.1 Å². The number of nitrogens with zero attached hydrogens (tertiary/aromatic N) is 3. The molecule has 4 aromatic rings. The molecule has 0 bridgehead atoms. The number of halogens is 1. The Kier molecular flexibility index (Phi) is 4.14. The van der Waals surface area contributed by atoms with Crippen molar-refractivity contribution in [2.75, 3.05) is 0 Å². The summed E-state index contributed by atoms with van der Waals surface area (Å²) in [5, 5.41) is 9.50. The van der Waals surface area contributed by atoms with Crippen molar-refractivity contribution < 1.29 is 4.39 Å². The van der Waals surface area contributed by atoms with Gasteiger partial charge in [0.25, 0.3) is 0 Å². The number of nitrogens with one attached hydrogen (secondary N) is 2. The van der Waals surface area contributed by atoms with Crippen molar-refractivity contribution in [2.24, 2.45) is 0 Å². The van der Waals surface area contributed by atoms with E-state index in [4.69, 9.17) is 0 Å². The lowest BCUT2D eigenvalue weighted by Crippen LogP contribution is -1.85. The lowest BCUT2D eigenvalue weighted by molar-refractivity contribution is 0.630. The number of H-pyrrole nitrogens is 2. The van der Waals surface area contributed by atoms with Gasteiger partial charge in [0.15, 0.2) is 5.82 Å². The van der Waals surface area contributed by atoms with Gasteiger partial charge in [-0.15, -0.1) is 16.4 Å². The number of aromatic nitrogens is 5. The van der Waals surface area contributed by atoms with Crippen molar-refractivity contribution in [3.63, 3.8) is 0 Å². The van der Waals surface area contributed by atoms with Crippen LogP contribution in [-0.4, -0.2) is 25.1 Å². The molecule has 4 rings (SSSR count). The first-order chi connectivity index (χ1) is 11.8. The highest BCUT2D eigenvalue weighted by molar-refractivity contribution is 7.98. The fourth-order valence-corrected chi connectivity index (χ4v) is 3.57. The van der Waals surface area contributed by atoms with Gasteiger partial charge < -0.3 is 4.98 Å². The van der Waals surface area contributed by atoms with Crippen LogP contribution in [0.2, 0.25) is 0 Å². The second-order valence-electron chi connectivity index (χ2n) is 4.97. The van der Waals surface area contributed by atoms with Crippen molar-refractivity contribution in [2.45, 2.75) is 10.9 Å². The van der Waals surface area contributed by atoms with Crippen molar-refractivity contribution >= 4 is 23.1 Å². The molecule has 0 fully saturated rings. The lowest BCUT2D eigenvalue weighted by Gasteiger charge is -1.96. The highest BCUT2D eigenvalue weighted by atomic mass is 32.2. The molecular formula is C16H12FN5S2. The van der Waals surface area contributed by atoms with Crippen LogP contribution < -0.4 is 0 Å². The van der Waals surface area contributed by atoms with E-state index in [1.165, 1.54) is 17.8 Å². The molecule has 0 atom stereocenters. The average molecular weight is 357 g/mol. The zero-order chi connectivity index (χ0) is 16.4. The van der Waals surface area contributed by atoms with Gasteiger partial charge in [-0.1, -0.05) is 30.0 Å². The molecule has 0 unspecified atom stereocenters. The van der Waals surface area contributed by atoms with Gasteiger partial charge >= 0.3 is 0 Å². The molecule has 0 saturated carbocycles. The molecule has 120 valence electrons. The van der Waals surface area contributed by atoms with E-state index in [9.17, 15) is 4.39 Å². The minimum Gasteiger partial charge on any atom is -0.340 e. The summed E-state index contributed by atoms with van der Waals surface area (Å²) in [6.07, 6.45) is 1.81. The Hall–Kier alpha value is -2.45. The first-order valence-electron chi connectivity index (χ1n) is 7.17. The molecular weight excluding hydrogens is 345 g/mol. The molecule has 8 heteroatoms. The molecule has 0 aliphatic heterocycles. The van der Waals surface area contributed by atoms with Gasteiger partial charge in [-0.3, -0.25) is 5.10 Å². The Morgan fingerprint density at radius 3 is 2.88 bits per heavy atom. The summed E-state index contributed by atoms with van der Waals surface area (Å²) < 4.78 is 13.8. The maximum atomic E-state index is 13.8. The van der Waals surface area contributed by atoms with E-state index in [1.54, 1.807) is 29.5 Å². The largest absolute Gasteiger partial charge is 0.340 e. The summed E-state index contributed by atoms with van der Waals surface area (Å²) in [5.74, 6) is 1.63. The topological polar surface area (TPSA) is 70.2 Å². The fourth-order valence-electron chi connectivity index (χ4n) is 2.20. The maximum absolute atomic E-state index is 13.8. The van der Waals surface area contributed by atoms with E-state index in [1.807, 2.05) is 23.7 Å². The number of benzene rings is 1. The third-order valence-corrected chi connectivity index (χ3v) is 5.11. The van der Waals surface area contributed by atoms with Gasteiger partial charge in [-0.25, -0.2) is 14.4 Å². The summed E-state index contributed by atoms with van der Waals surface area (Å²) in [7, 11) is 0. The lowest BCUT2D eigenvalue weighted by atomic mass is 10.2. The highest BCUT2D eigenvalue weighted by Crippen LogP contribution is 2.25. The van der Waals surface area contributed by atoms with Crippen molar-refractivity contribution in [1.29, 1.82) is 0 Å². The van der Waals surface area contributed by atoms with Crippen LogP contribution in [0.4, 0.5) is 4.39 Å². The van der Waals surface area contributed by atoms with E-state index in [0.717, 1.165) is 16.4 Å². The molecule has 0 amide bonds. The summed E-state index contributed by atoms with van der Waals surface area (Å²) in [6.45, 7) is 0. The molecule has 24 heavy (non-hydrogen) atoms. The Balaban J connectivity index is 1.45. The molecule has 0 aliphatic carbocycles. The number of hydrogen-bond acceptors (Lipinski definition) is 5. The van der Waals surface area contributed by atoms with Gasteiger partial charge in [-0.05, 0) is 23.6 Å². The number of imidazole rings is 1. The van der Waals surface area contributed by atoms with Gasteiger partial charge in [-0.2, -0.15) is 0 Å². The van der Waals surface area contributed by atoms with E-state index >= 15 is 0 Å². The summed E-state index contributed by atoms with van der Waals surface area (Å²) >= 11 is 3.10.